The van der Waals surface area contributed by atoms with Crippen molar-refractivity contribution in [2.24, 2.45) is 10.9 Å². The minimum absolute atomic E-state index is 0.0690. The van der Waals surface area contributed by atoms with Crippen LogP contribution in [0.3, 0.4) is 0 Å². The molecule has 104 valence electrons. The highest BCUT2D eigenvalue weighted by atomic mass is 35.5. The molecule has 1 aromatic rings. The number of halogens is 1. The van der Waals surface area contributed by atoms with Crippen LogP contribution in [0, 0.1) is 0 Å². The number of oxime groups is 1. The molecule has 0 aliphatic heterocycles. The van der Waals surface area contributed by atoms with E-state index in [1.54, 1.807) is 18.2 Å². The second-order valence-corrected chi connectivity index (χ2v) is 4.62. The first-order valence-corrected chi connectivity index (χ1v) is 6.53. The van der Waals surface area contributed by atoms with Crippen molar-refractivity contribution < 1.29 is 10.0 Å². The minimum atomic E-state index is -0.109. The summed E-state index contributed by atoms with van der Waals surface area (Å²) >= 11 is 5.88. The summed E-state index contributed by atoms with van der Waals surface area (Å²) in [6.45, 7) is 2.07. The third-order valence-electron chi connectivity index (χ3n) is 2.65. The van der Waals surface area contributed by atoms with Crippen molar-refractivity contribution in [1.29, 1.82) is 0 Å². The van der Waals surface area contributed by atoms with Gasteiger partial charge in [-0.05, 0) is 24.6 Å². The monoisotopic (exact) mass is 283 g/mol. The highest BCUT2D eigenvalue weighted by Crippen LogP contribution is 2.21. The third-order valence-corrected chi connectivity index (χ3v) is 2.88. The number of nitrogens with two attached hydrogens (primary N) is 1. The van der Waals surface area contributed by atoms with E-state index in [-0.39, 0.29) is 11.7 Å². The van der Waals surface area contributed by atoms with Gasteiger partial charge in [0.15, 0.2) is 5.84 Å². The fourth-order valence-electron chi connectivity index (χ4n) is 1.65. The van der Waals surface area contributed by atoms with Gasteiger partial charge in [0, 0.05) is 17.0 Å². The SMILES string of the molecule is CCCCCC(=O)Nc1cc(Cl)ccc1C(N)=NO. The average molecular weight is 284 g/mol. The van der Waals surface area contributed by atoms with Gasteiger partial charge in [0.05, 0.1) is 5.69 Å². The van der Waals surface area contributed by atoms with Gasteiger partial charge in [-0.25, -0.2) is 0 Å². The Balaban J connectivity index is 2.81. The molecule has 1 rings (SSSR count). The predicted octanol–water partition coefficient (Wildman–Crippen LogP) is 2.95. The van der Waals surface area contributed by atoms with Gasteiger partial charge in [-0.3, -0.25) is 4.79 Å². The zero-order valence-electron chi connectivity index (χ0n) is 10.8. The minimum Gasteiger partial charge on any atom is -0.409 e. The molecule has 5 nitrogen and oxygen atoms in total. The first-order chi connectivity index (χ1) is 9.08. The fraction of sp³-hybridized carbons (Fsp3) is 0.385. The maximum Gasteiger partial charge on any atom is 0.224 e. The average Bonchev–Trinajstić information content (AvgIpc) is 2.38. The molecule has 1 aromatic carbocycles. The smallest absolute Gasteiger partial charge is 0.224 e. The van der Waals surface area contributed by atoms with Gasteiger partial charge in [0.25, 0.3) is 0 Å². The number of nitrogens with one attached hydrogen (secondary N) is 1. The van der Waals surface area contributed by atoms with Crippen LogP contribution in [-0.4, -0.2) is 17.0 Å². The van der Waals surface area contributed by atoms with Gasteiger partial charge in [0.1, 0.15) is 0 Å². The van der Waals surface area contributed by atoms with Crippen LogP contribution in [0.1, 0.15) is 38.2 Å². The van der Waals surface area contributed by atoms with Gasteiger partial charge < -0.3 is 16.3 Å². The third kappa shape index (κ3) is 4.79. The number of nitrogens with zero attached hydrogens (tertiary/aromatic N) is 1. The van der Waals surface area contributed by atoms with Crippen LogP contribution in [0.4, 0.5) is 5.69 Å². The number of unbranched alkanes of at least 4 members (excludes halogenated alkanes) is 2. The van der Waals surface area contributed by atoms with Crippen LogP contribution in [0.25, 0.3) is 0 Å². The van der Waals surface area contributed by atoms with Gasteiger partial charge >= 0.3 is 0 Å². The highest BCUT2D eigenvalue weighted by Gasteiger charge is 2.10. The van der Waals surface area contributed by atoms with E-state index in [9.17, 15) is 4.79 Å². The van der Waals surface area contributed by atoms with Crippen LogP contribution in [0.15, 0.2) is 23.4 Å². The van der Waals surface area contributed by atoms with Gasteiger partial charge in [-0.15, -0.1) is 0 Å². The van der Waals surface area contributed by atoms with Gasteiger partial charge in [0.2, 0.25) is 5.91 Å². The lowest BCUT2D eigenvalue weighted by atomic mass is 10.1. The van der Waals surface area contributed by atoms with E-state index in [1.165, 1.54) is 0 Å². The Morgan fingerprint density at radius 2 is 2.21 bits per heavy atom. The van der Waals surface area contributed by atoms with Gasteiger partial charge in [-0.2, -0.15) is 0 Å². The van der Waals surface area contributed by atoms with E-state index >= 15 is 0 Å². The van der Waals surface area contributed by atoms with Gasteiger partial charge in [-0.1, -0.05) is 36.5 Å². The van der Waals surface area contributed by atoms with E-state index in [2.05, 4.69) is 17.4 Å². The van der Waals surface area contributed by atoms with Crippen molar-refractivity contribution in [3.05, 3.63) is 28.8 Å². The summed E-state index contributed by atoms with van der Waals surface area (Å²) in [5, 5.41) is 14.8. The maximum atomic E-state index is 11.8. The van der Waals surface area contributed by atoms with E-state index in [0.717, 1.165) is 19.3 Å². The lowest BCUT2D eigenvalue weighted by Crippen LogP contribution is -2.19. The van der Waals surface area contributed by atoms with Crippen molar-refractivity contribution in [3.8, 4) is 0 Å². The number of hydrogen-bond acceptors (Lipinski definition) is 3. The van der Waals surface area contributed by atoms with Crippen LogP contribution >= 0.6 is 11.6 Å². The fourth-order valence-corrected chi connectivity index (χ4v) is 1.82. The molecule has 4 N–H and O–H groups in total. The predicted molar refractivity (Wildman–Crippen MR) is 76.7 cm³/mol. The maximum absolute atomic E-state index is 11.8. The molecule has 1 amide bonds. The van der Waals surface area contributed by atoms with E-state index in [0.29, 0.717) is 22.7 Å². The number of hydrogen-bond donors (Lipinski definition) is 3. The van der Waals surface area contributed by atoms with Crippen molar-refractivity contribution in [2.45, 2.75) is 32.6 Å². The molecule has 0 saturated carbocycles. The molecule has 0 aliphatic carbocycles. The molecule has 0 aliphatic rings. The Kier molecular flexibility index (Phi) is 6.15. The Labute approximate surface area is 117 Å². The Morgan fingerprint density at radius 1 is 1.47 bits per heavy atom. The molecule has 0 heterocycles. The number of anilines is 1. The quantitative estimate of drug-likeness (QED) is 0.247. The Bertz CT molecular complexity index is 475. The lowest BCUT2D eigenvalue weighted by Gasteiger charge is -2.10. The standard InChI is InChI=1S/C13H18ClN3O2/c1-2-3-4-5-12(18)16-11-8-9(14)6-7-10(11)13(15)17-19/h6-8,19H,2-5H2,1H3,(H2,15,17)(H,16,18). The summed E-state index contributed by atoms with van der Waals surface area (Å²) in [7, 11) is 0. The molecule has 0 radical (unpaired) electrons. The summed E-state index contributed by atoms with van der Waals surface area (Å²) < 4.78 is 0. The Morgan fingerprint density at radius 3 is 2.84 bits per heavy atom. The molecule has 0 unspecified atom stereocenters. The van der Waals surface area contributed by atoms with Crippen molar-refractivity contribution in [1.82, 2.24) is 0 Å². The summed E-state index contributed by atoms with van der Waals surface area (Å²) in [6.07, 6.45) is 3.34. The Hall–Kier alpha value is -1.75. The van der Waals surface area contributed by atoms with Crippen molar-refractivity contribution in [2.75, 3.05) is 5.32 Å². The number of amidine groups is 1. The molecule has 0 bridgehead atoms. The second kappa shape index (κ2) is 7.63. The molecular formula is C13H18ClN3O2. The highest BCUT2D eigenvalue weighted by molar-refractivity contribution is 6.31. The molecule has 0 aromatic heterocycles. The van der Waals surface area contributed by atoms with E-state index < -0.39 is 0 Å². The van der Waals surface area contributed by atoms with Crippen LogP contribution in [0.2, 0.25) is 5.02 Å². The van der Waals surface area contributed by atoms with Crippen LogP contribution in [0.5, 0.6) is 0 Å². The first-order valence-electron chi connectivity index (χ1n) is 6.15. The lowest BCUT2D eigenvalue weighted by molar-refractivity contribution is -0.116. The summed E-state index contributed by atoms with van der Waals surface area (Å²) in [5.74, 6) is -0.178. The van der Waals surface area contributed by atoms with E-state index in [1.807, 2.05) is 0 Å². The normalized spacial score (nSPS) is 11.4. The zero-order valence-corrected chi connectivity index (χ0v) is 11.6. The topological polar surface area (TPSA) is 87.7 Å². The number of rotatable bonds is 6. The summed E-state index contributed by atoms with van der Waals surface area (Å²) in [5.41, 5.74) is 6.44. The zero-order chi connectivity index (χ0) is 14.3. The summed E-state index contributed by atoms with van der Waals surface area (Å²) in [4.78, 5) is 11.8. The number of carbonyl (C=O) groups excluding carboxylic acids is 1. The summed E-state index contributed by atoms with van der Waals surface area (Å²) in [6, 6.07) is 4.79. The number of carbonyl (C=O) groups is 1. The molecule has 0 spiro atoms. The largest absolute Gasteiger partial charge is 0.409 e. The van der Waals surface area contributed by atoms with Crippen LogP contribution in [-0.2, 0) is 4.79 Å². The molecule has 6 heteroatoms. The molecular weight excluding hydrogens is 266 g/mol. The molecule has 0 atom stereocenters. The first kappa shape index (κ1) is 15.3. The van der Waals surface area contributed by atoms with Crippen LogP contribution < -0.4 is 11.1 Å². The molecule has 0 fully saturated rings. The molecule has 19 heavy (non-hydrogen) atoms. The second-order valence-electron chi connectivity index (χ2n) is 4.18. The van der Waals surface area contributed by atoms with E-state index in [4.69, 9.17) is 22.5 Å². The number of amides is 1. The van der Waals surface area contributed by atoms with Crippen molar-refractivity contribution in [3.63, 3.8) is 0 Å². The number of benzene rings is 1. The van der Waals surface area contributed by atoms with Crippen molar-refractivity contribution >= 4 is 29.0 Å². The molecule has 0 saturated heterocycles.